The number of Topliss-reactive ketones (excluding diaryl/α,β-unsaturated/α-hetero) is 2. The van der Waals surface area contributed by atoms with Gasteiger partial charge in [0.05, 0.1) is 0 Å². The van der Waals surface area contributed by atoms with Gasteiger partial charge < -0.3 is 0 Å². The van der Waals surface area contributed by atoms with E-state index in [1.807, 2.05) is 158 Å². The van der Waals surface area contributed by atoms with Gasteiger partial charge in [0.1, 0.15) is 0 Å². The first-order valence-electron chi connectivity index (χ1n) is 18.2. The Kier molecular flexibility index (Phi) is 8.55. The Labute approximate surface area is 315 Å². The lowest BCUT2D eigenvalue weighted by atomic mass is 9.84. The number of hydrogen-bond acceptors (Lipinski definition) is 2. The highest BCUT2D eigenvalue weighted by atomic mass is 16.1. The van der Waals surface area contributed by atoms with E-state index in [0.29, 0.717) is 22.3 Å². The summed E-state index contributed by atoms with van der Waals surface area (Å²) < 4.78 is 0. The number of hydrogen-bond donors (Lipinski definition) is 0. The summed E-state index contributed by atoms with van der Waals surface area (Å²) in [5.74, 6) is -0.142. The summed E-state index contributed by atoms with van der Waals surface area (Å²) in [4.78, 5) is 30.8. The maximum Gasteiger partial charge on any atom is 0.195 e. The fourth-order valence-corrected chi connectivity index (χ4v) is 7.97. The molecule has 0 heterocycles. The smallest absolute Gasteiger partial charge is 0.195 e. The van der Waals surface area contributed by atoms with Crippen molar-refractivity contribution in [3.8, 4) is 0 Å². The van der Waals surface area contributed by atoms with E-state index in [-0.39, 0.29) is 11.6 Å². The van der Waals surface area contributed by atoms with E-state index in [2.05, 4.69) is 48.5 Å². The van der Waals surface area contributed by atoms with Crippen LogP contribution in [0.25, 0.3) is 44.6 Å². The van der Waals surface area contributed by atoms with Crippen LogP contribution in [0.1, 0.15) is 44.5 Å². The Morgan fingerprint density at radius 3 is 0.611 bits per heavy atom. The van der Waals surface area contributed by atoms with Crippen molar-refractivity contribution < 1.29 is 9.59 Å². The largest absolute Gasteiger partial charge is 0.289 e. The summed E-state index contributed by atoms with van der Waals surface area (Å²) in [7, 11) is 0. The van der Waals surface area contributed by atoms with Crippen LogP contribution in [0, 0.1) is 0 Å². The number of carbonyl (C=O) groups is 2. The standard InChI is InChI=1S/C52H34O2/c53-51-47(39-29-15-5-16-30-39)43(35-21-7-1-8-22-35)45(37-25-11-3-12-26-37)49(51)41-33-19-20-34-42(41)50-46(38-27-13-4-14-28-38)44(36-23-9-2-10-24-36)48(52(50)54)40-31-17-6-18-32-40/h1-34H. The Hall–Kier alpha value is -7.16. The molecular formula is C52H34O2. The molecule has 0 aliphatic heterocycles. The molecule has 0 bridgehead atoms. The van der Waals surface area contributed by atoms with Crippen molar-refractivity contribution in [2.24, 2.45) is 0 Å². The normalized spacial score (nSPS) is 14.4. The first-order chi connectivity index (χ1) is 26.7. The number of allylic oxidation sites excluding steroid dienone is 8. The first-order valence-corrected chi connectivity index (χ1v) is 18.2. The topological polar surface area (TPSA) is 34.1 Å². The van der Waals surface area contributed by atoms with Crippen LogP contribution < -0.4 is 0 Å². The van der Waals surface area contributed by atoms with Crippen LogP contribution in [0.3, 0.4) is 0 Å². The molecule has 0 spiro atoms. The molecular weight excluding hydrogens is 657 g/mol. The van der Waals surface area contributed by atoms with E-state index in [0.717, 1.165) is 66.8 Å². The molecule has 9 rings (SSSR count). The molecule has 54 heavy (non-hydrogen) atoms. The minimum Gasteiger partial charge on any atom is -0.289 e. The van der Waals surface area contributed by atoms with Gasteiger partial charge in [-0.1, -0.05) is 206 Å². The molecule has 0 fully saturated rings. The van der Waals surface area contributed by atoms with Crippen molar-refractivity contribution in [1.82, 2.24) is 0 Å². The van der Waals surface area contributed by atoms with Gasteiger partial charge >= 0.3 is 0 Å². The lowest BCUT2D eigenvalue weighted by Crippen LogP contribution is -2.08. The Morgan fingerprint density at radius 1 is 0.185 bits per heavy atom. The van der Waals surface area contributed by atoms with Gasteiger partial charge in [0.2, 0.25) is 0 Å². The summed E-state index contributed by atoms with van der Waals surface area (Å²) in [5, 5.41) is 0. The van der Waals surface area contributed by atoms with Gasteiger partial charge in [-0.05, 0) is 44.5 Å². The molecule has 0 saturated heterocycles. The van der Waals surface area contributed by atoms with E-state index in [4.69, 9.17) is 0 Å². The zero-order chi connectivity index (χ0) is 36.4. The molecule has 0 radical (unpaired) electrons. The Bertz CT molecular complexity index is 2480. The van der Waals surface area contributed by atoms with E-state index in [9.17, 15) is 0 Å². The zero-order valence-corrected chi connectivity index (χ0v) is 29.4. The molecule has 7 aromatic rings. The Morgan fingerprint density at radius 2 is 0.370 bits per heavy atom. The Balaban J connectivity index is 1.37. The van der Waals surface area contributed by atoms with Gasteiger partial charge in [0, 0.05) is 44.6 Å². The minimum absolute atomic E-state index is 0.0711. The lowest BCUT2D eigenvalue weighted by molar-refractivity contribution is -0.109. The van der Waals surface area contributed by atoms with Gasteiger partial charge in [-0.2, -0.15) is 0 Å². The monoisotopic (exact) mass is 690 g/mol. The van der Waals surface area contributed by atoms with Crippen LogP contribution in [-0.2, 0) is 9.59 Å². The van der Waals surface area contributed by atoms with Gasteiger partial charge in [-0.3, -0.25) is 9.59 Å². The fourth-order valence-electron chi connectivity index (χ4n) is 7.97. The van der Waals surface area contributed by atoms with Gasteiger partial charge in [0.15, 0.2) is 11.6 Å². The van der Waals surface area contributed by atoms with Crippen molar-refractivity contribution >= 4 is 56.2 Å². The molecule has 0 saturated carbocycles. The van der Waals surface area contributed by atoms with Crippen LogP contribution in [0.5, 0.6) is 0 Å². The maximum absolute atomic E-state index is 15.4. The fraction of sp³-hybridized carbons (Fsp3) is 0. The first kappa shape index (κ1) is 32.7. The third-order valence-electron chi connectivity index (χ3n) is 10.2. The predicted octanol–water partition coefficient (Wildman–Crippen LogP) is 11.9. The average molecular weight is 691 g/mol. The predicted molar refractivity (Wildman–Crippen MR) is 222 cm³/mol. The van der Waals surface area contributed by atoms with Gasteiger partial charge in [-0.15, -0.1) is 0 Å². The molecule has 2 heteroatoms. The van der Waals surface area contributed by atoms with Crippen molar-refractivity contribution in [2.45, 2.75) is 0 Å². The van der Waals surface area contributed by atoms with E-state index >= 15 is 9.59 Å². The molecule has 2 aliphatic carbocycles. The number of carbonyl (C=O) groups excluding carboxylic acids is 2. The number of rotatable bonds is 8. The highest BCUT2D eigenvalue weighted by Crippen LogP contribution is 2.54. The summed E-state index contributed by atoms with van der Waals surface area (Å²) in [6, 6.07) is 68.5. The third-order valence-corrected chi connectivity index (χ3v) is 10.2. The average Bonchev–Trinajstić information content (AvgIpc) is 3.73. The molecule has 7 aromatic carbocycles. The summed E-state index contributed by atoms with van der Waals surface area (Å²) in [6.07, 6.45) is 0. The van der Waals surface area contributed by atoms with Crippen LogP contribution in [0.2, 0.25) is 0 Å². The summed E-state index contributed by atoms with van der Waals surface area (Å²) in [5.41, 5.74) is 12.8. The van der Waals surface area contributed by atoms with Gasteiger partial charge in [0.25, 0.3) is 0 Å². The van der Waals surface area contributed by atoms with Crippen molar-refractivity contribution in [3.63, 3.8) is 0 Å². The molecule has 0 aromatic heterocycles. The molecule has 2 aliphatic rings. The molecule has 2 nitrogen and oxygen atoms in total. The molecule has 254 valence electrons. The van der Waals surface area contributed by atoms with Crippen LogP contribution in [-0.4, -0.2) is 11.6 Å². The molecule has 0 N–H and O–H groups in total. The summed E-state index contributed by atoms with van der Waals surface area (Å²) >= 11 is 0. The molecule has 0 unspecified atom stereocenters. The van der Waals surface area contributed by atoms with Crippen LogP contribution in [0.4, 0.5) is 0 Å². The van der Waals surface area contributed by atoms with Gasteiger partial charge in [-0.25, -0.2) is 0 Å². The van der Waals surface area contributed by atoms with Crippen LogP contribution >= 0.6 is 0 Å². The maximum atomic E-state index is 15.4. The second kappa shape index (κ2) is 14.1. The van der Waals surface area contributed by atoms with E-state index < -0.39 is 0 Å². The molecule has 0 amide bonds. The quantitative estimate of drug-likeness (QED) is 0.159. The highest BCUT2D eigenvalue weighted by Gasteiger charge is 2.40. The summed E-state index contributed by atoms with van der Waals surface area (Å²) in [6.45, 7) is 0. The number of benzene rings is 7. The second-order valence-corrected chi connectivity index (χ2v) is 13.4. The minimum atomic E-state index is -0.0711. The van der Waals surface area contributed by atoms with E-state index in [1.54, 1.807) is 0 Å². The third kappa shape index (κ3) is 5.62. The molecule has 0 atom stereocenters. The van der Waals surface area contributed by atoms with Crippen molar-refractivity contribution in [3.05, 3.63) is 251 Å². The van der Waals surface area contributed by atoms with E-state index in [1.165, 1.54) is 0 Å². The SMILES string of the molecule is O=C1C(c2ccccc2)=C(c2ccccc2)C(c2ccccc2)=C1c1ccccc1C1=C(c2ccccc2)C(c2ccccc2)=C(c2ccccc2)C1=O. The van der Waals surface area contributed by atoms with Crippen molar-refractivity contribution in [1.29, 1.82) is 0 Å². The van der Waals surface area contributed by atoms with Crippen LogP contribution in [0.15, 0.2) is 206 Å². The lowest BCUT2D eigenvalue weighted by Gasteiger charge is -2.17. The number of ketones is 2. The zero-order valence-electron chi connectivity index (χ0n) is 29.4. The second-order valence-electron chi connectivity index (χ2n) is 13.4. The highest BCUT2D eigenvalue weighted by molar-refractivity contribution is 6.62. The van der Waals surface area contributed by atoms with Crippen molar-refractivity contribution in [2.75, 3.05) is 0 Å².